The van der Waals surface area contributed by atoms with Crippen LogP contribution in [-0.4, -0.2) is 55.4 Å². The number of hydrogen-bond donors (Lipinski definition) is 1. The van der Waals surface area contributed by atoms with Gasteiger partial charge in [0.05, 0.1) is 12.1 Å². The maximum Gasteiger partial charge on any atom is 0.304 e. The Morgan fingerprint density at radius 2 is 1.93 bits per heavy atom. The van der Waals surface area contributed by atoms with E-state index in [1.807, 2.05) is 20.8 Å². The van der Waals surface area contributed by atoms with Gasteiger partial charge in [-0.2, -0.15) is 12.7 Å². The number of anilines is 1. The van der Waals surface area contributed by atoms with Crippen molar-refractivity contribution in [1.82, 2.24) is 14.6 Å². The van der Waals surface area contributed by atoms with E-state index in [0.29, 0.717) is 30.3 Å². The van der Waals surface area contributed by atoms with E-state index in [-0.39, 0.29) is 24.9 Å². The van der Waals surface area contributed by atoms with Gasteiger partial charge < -0.3 is 10.1 Å². The number of nitrogens with one attached hydrogen (secondary N) is 1. The van der Waals surface area contributed by atoms with Crippen LogP contribution >= 0.6 is 0 Å². The molecule has 0 radical (unpaired) electrons. The Bertz CT molecular complexity index is 811. The molecule has 1 amide bonds. The second kappa shape index (κ2) is 7.27. The third kappa shape index (κ3) is 4.35. The van der Waals surface area contributed by atoms with E-state index < -0.39 is 15.7 Å². The van der Waals surface area contributed by atoms with Crippen LogP contribution < -0.4 is 14.4 Å². The molecule has 8 nitrogen and oxygen atoms in total. The Morgan fingerprint density at radius 1 is 1.26 bits per heavy atom. The molecule has 3 heterocycles. The van der Waals surface area contributed by atoms with Gasteiger partial charge in [-0.15, -0.1) is 0 Å². The molecule has 2 aliphatic rings. The van der Waals surface area contributed by atoms with Crippen molar-refractivity contribution < 1.29 is 17.9 Å². The van der Waals surface area contributed by atoms with Crippen molar-refractivity contribution in [3.8, 4) is 5.88 Å². The van der Waals surface area contributed by atoms with Gasteiger partial charge in [-0.3, -0.25) is 4.79 Å². The molecule has 0 aliphatic carbocycles. The molecule has 3 rings (SSSR count). The number of pyridine rings is 1. The molecule has 0 bridgehead atoms. The summed E-state index contributed by atoms with van der Waals surface area (Å²) in [5, 5.41) is 2.87. The summed E-state index contributed by atoms with van der Waals surface area (Å²) in [6, 6.07) is 1.55. The lowest BCUT2D eigenvalue weighted by Gasteiger charge is -2.36. The number of rotatable bonds is 3. The second-order valence-corrected chi connectivity index (χ2v) is 10.1. The average Bonchev–Trinajstić information content (AvgIpc) is 2.59. The lowest BCUT2D eigenvalue weighted by Crippen LogP contribution is -2.49. The lowest BCUT2D eigenvalue weighted by atomic mass is 10.0. The molecule has 1 N–H and O–H groups in total. The van der Waals surface area contributed by atoms with E-state index in [4.69, 9.17) is 4.74 Å². The molecule has 150 valence electrons. The van der Waals surface area contributed by atoms with Gasteiger partial charge in [0.25, 0.3) is 5.91 Å². The molecular formula is C18H28N4O4S. The summed E-state index contributed by atoms with van der Waals surface area (Å²) >= 11 is 0. The summed E-state index contributed by atoms with van der Waals surface area (Å²) in [5.74, 6) is 0.470. The van der Waals surface area contributed by atoms with E-state index in [2.05, 4.69) is 17.2 Å². The average molecular weight is 397 g/mol. The van der Waals surface area contributed by atoms with Crippen molar-refractivity contribution in [2.75, 3.05) is 30.5 Å². The first-order valence-corrected chi connectivity index (χ1v) is 10.7. The Balaban J connectivity index is 1.90. The minimum absolute atomic E-state index is 0.202. The van der Waals surface area contributed by atoms with Gasteiger partial charge in [0, 0.05) is 24.8 Å². The second-order valence-electron chi connectivity index (χ2n) is 8.26. The highest BCUT2D eigenvalue weighted by atomic mass is 32.2. The van der Waals surface area contributed by atoms with Crippen molar-refractivity contribution in [2.45, 2.75) is 46.1 Å². The largest absolute Gasteiger partial charge is 0.474 e. The molecule has 0 saturated carbocycles. The van der Waals surface area contributed by atoms with Gasteiger partial charge in [0.1, 0.15) is 12.3 Å². The molecule has 0 unspecified atom stereocenters. The van der Waals surface area contributed by atoms with Crippen LogP contribution in [0, 0.1) is 5.92 Å². The lowest BCUT2D eigenvalue weighted by molar-refractivity contribution is 0.0919. The first-order valence-electron chi connectivity index (χ1n) is 9.31. The molecule has 0 atom stereocenters. The van der Waals surface area contributed by atoms with Crippen LogP contribution in [0.4, 0.5) is 5.69 Å². The summed E-state index contributed by atoms with van der Waals surface area (Å²) in [6.07, 6.45) is 3.12. The van der Waals surface area contributed by atoms with E-state index in [1.165, 1.54) is 14.8 Å². The fraction of sp³-hybridized carbons (Fsp3) is 0.667. The number of piperidine rings is 1. The van der Waals surface area contributed by atoms with Gasteiger partial charge in [0.15, 0.2) is 0 Å². The Morgan fingerprint density at radius 3 is 2.56 bits per heavy atom. The number of fused-ring (bicyclic) bond motifs is 1. The standard InChI is InChI=1S/C18H28N4O4S/c1-13-5-7-21(8-6-13)27(24,25)22-9-10-26-17-15(22)11-14(12-19-17)16(23)20-18(2,3)4/h11-13H,5-10H2,1-4H3,(H,20,23). The van der Waals surface area contributed by atoms with E-state index in [0.717, 1.165) is 12.8 Å². The predicted molar refractivity (Wildman–Crippen MR) is 103 cm³/mol. The molecule has 1 fully saturated rings. The van der Waals surface area contributed by atoms with Crippen LogP contribution in [0.3, 0.4) is 0 Å². The number of amides is 1. The number of hydrogen-bond acceptors (Lipinski definition) is 5. The highest BCUT2D eigenvalue weighted by Gasteiger charge is 2.36. The predicted octanol–water partition coefficient (Wildman–Crippen LogP) is 1.79. The minimum Gasteiger partial charge on any atom is -0.474 e. The molecule has 0 aromatic carbocycles. The van der Waals surface area contributed by atoms with Crippen LogP contribution in [0.5, 0.6) is 5.88 Å². The van der Waals surface area contributed by atoms with Gasteiger partial charge in [0.2, 0.25) is 5.88 Å². The Kier molecular flexibility index (Phi) is 5.36. The smallest absolute Gasteiger partial charge is 0.304 e. The minimum atomic E-state index is -3.68. The Hall–Kier alpha value is -1.87. The maximum atomic E-state index is 13.2. The van der Waals surface area contributed by atoms with Crippen LogP contribution in [-0.2, 0) is 10.2 Å². The zero-order valence-corrected chi connectivity index (χ0v) is 17.2. The van der Waals surface area contributed by atoms with Gasteiger partial charge >= 0.3 is 10.2 Å². The molecule has 9 heteroatoms. The maximum absolute atomic E-state index is 13.2. The SMILES string of the molecule is CC1CCN(S(=O)(=O)N2CCOc3ncc(C(=O)NC(C)(C)C)cc32)CC1. The molecule has 1 aromatic heterocycles. The van der Waals surface area contributed by atoms with Crippen molar-refractivity contribution in [1.29, 1.82) is 0 Å². The summed E-state index contributed by atoms with van der Waals surface area (Å²) in [4.78, 5) is 16.7. The first-order chi connectivity index (χ1) is 12.6. The van der Waals surface area contributed by atoms with Crippen LogP contribution in [0.25, 0.3) is 0 Å². The number of carbonyl (C=O) groups is 1. The third-order valence-corrected chi connectivity index (χ3v) is 6.69. The van der Waals surface area contributed by atoms with Crippen LogP contribution in [0.2, 0.25) is 0 Å². The zero-order chi connectivity index (χ0) is 19.8. The fourth-order valence-corrected chi connectivity index (χ4v) is 4.84. The normalized spacial score (nSPS) is 19.3. The highest BCUT2D eigenvalue weighted by Crippen LogP contribution is 2.34. The molecule has 1 aromatic rings. The van der Waals surface area contributed by atoms with Crippen molar-refractivity contribution in [3.63, 3.8) is 0 Å². The number of nitrogens with zero attached hydrogens (tertiary/aromatic N) is 3. The van der Waals surface area contributed by atoms with E-state index >= 15 is 0 Å². The summed E-state index contributed by atoms with van der Waals surface area (Å²) in [5.41, 5.74) is 0.225. The molecule has 2 aliphatic heterocycles. The molecule has 0 spiro atoms. The zero-order valence-electron chi connectivity index (χ0n) is 16.4. The van der Waals surface area contributed by atoms with Crippen LogP contribution in [0.15, 0.2) is 12.3 Å². The molecule has 1 saturated heterocycles. The van der Waals surface area contributed by atoms with Gasteiger partial charge in [-0.05, 0) is 45.6 Å². The monoisotopic (exact) mass is 396 g/mol. The third-order valence-electron chi connectivity index (χ3n) is 4.73. The summed E-state index contributed by atoms with van der Waals surface area (Å²) in [6.45, 7) is 9.24. The first kappa shape index (κ1) is 19.9. The van der Waals surface area contributed by atoms with E-state index in [9.17, 15) is 13.2 Å². The Labute approximate surface area is 161 Å². The van der Waals surface area contributed by atoms with Crippen LogP contribution in [0.1, 0.15) is 50.9 Å². The quantitative estimate of drug-likeness (QED) is 0.841. The topological polar surface area (TPSA) is 91.8 Å². The van der Waals surface area contributed by atoms with Crippen molar-refractivity contribution in [3.05, 3.63) is 17.8 Å². The molecular weight excluding hydrogens is 368 g/mol. The summed E-state index contributed by atoms with van der Waals surface area (Å²) < 4.78 is 34.7. The number of aromatic nitrogens is 1. The molecule has 27 heavy (non-hydrogen) atoms. The van der Waals surface area contributed by atoms with Gasteiger partial charge in [-0.1, -0.05) is 6.92 Å². The van der Waals surface area contributed by atoms with Gasteiger partial charge in [-0.25, -0.2) is 9.29 Å². The number of carbonyl (C=O) groups excluding carboxylic acids is 1. The van der Waals surface area contributed by atoms with Crippen molar-refractivity contribution in [2.24, 2.45) is 5.92 Å². The number of ether oxygens (including phenoxy) is 1. The van der Waals surface area contributed by atoms with E-state index in [1.54, 1.807) is 6.07 Å². The highest BCUT2D eigenvalue weighted by molar-refractivity contribution is 7.90. The fourth-order valence-electron chi connectivity index (χ4n) is 3.21. The van der Waals surface area contributed by atoms with Crippen molar-refractivity contribution >= 4 is 21.8 Å². The summed E-state index contributed by atoms with van der Waals surface area (Å²) in [7, 11) is -3.68.